The fraction of sp³-hybridized carbons (Fsp3) is 0.308. The minimum absolute atomic E-state index is 0.0805. The fourth-order valence-electron chi connectivity index (χ4n) is 5.04. The van der Waals surface area contributed by atoms with Crippen LogP contribution in [0.15, 0.2) is 62.8 Å². The molecule has 3 aromatic rings. The number of imide groups is 1. The zero-order valence-corrected chi connectivity index (χ0v) is 23.1. The molecule has 0 saturated carbocycles. The molecular formula is C26H22BrN3O6S2. The lowest BCUT2D eigenvalue weighted by atomic mass is 9.83. The second-order valence-electron chi connectivity index (χ2n) is 9.09. The Bertz CT molecular complexity index is 1450. The molecule has 2 unspecified atom stereocenters. The number of nitrogens with zero attached hydrogens (tertiary/aromatic N) is 2. The molecule has 0 aliphatic carbocycles. The van der Waals surface area contributed by atoms with Gasteiger partial charge in [-0.1, -0.05) is 51.2 Å². The van der Waals surface area contributed by atoms with Gasteiger partial charge in [-0.15, -0.1) is 0 Å². The predicted molar refractivity (Wildman–Crippen MR) is 146 cm³/mol. The maximum Gasteiger partial charge on any atom is 0.305 e. The number of thioether (sulfide) groups is 1. The number of morpholine rings is 1. The number of rotatable bonds is 5. The number of carbonyl (C=O) groups excluding carboxylic acids is 3. The summed E-state index contributed by atoms with van der Waals surface area (Å²) in [6, 6.07) is 14.2. The van der Waals surface area contributed by atoms with Crippen molar-refractivity contribution in [1.82, 2.24) is 9.88 Å². The molecule has 0 spiro atoms. The van der Waals surface area contributed by atoms with Crippen molar-refractivity contribution < 1.29 is 23.9 Å². The average Bonchev–Trinajstić information content (AvgIpc) is 3.43. The molecule has 3 amide bonds. The number of H-pyrrole nitrogens is 1. The molecule has 1 N–H and O–H groups in total. The van der Waals surface area contributed by atoms with E-state index < -0.39 is 17.1 Å². The molecule has 3 aliphatic rings. The second-order valence-corrected chi connectivity index (χ2v) is 12.2. The van der Waals surface area contributed by atoms with Gasteiger partial charge in [0.05, 0.1) is 29.8 Å². The Balaban J connectivity index is 1.27. The van der Waals surface area contributed by atoms with Gasteiger partial charge in [0.1, 0.15) is 11.0 Å². The van der Waals surface area contributed by atoms with E-state index in [0.717, 1.165) is 26.3 Å². The van der Waals surface area contributed by atoms with Crippen LogP contribution in [-0.4, -0.2) is 65.8 Å². The third-order valence-corrected chi connectivity index (χ3v) is 9.80. The van der Waals surface area contributed by atoms with Crippen LogP contribution in [0.25, 0.3) is 0 Å². The SMILES string of the molecule is O=C(COc1ccc([C@H]2c3sc(=O)[nH]c3SC3C(=O)N(c4ccc(Br)cc4)C(=O)C32)cc1)N1CCOCC1. The molecule has 38 heavy (non-hydrogen) atoms. The first-order valence-electron chi connectivity index (χ1n) is 12.0. The number of fused-ring (bicyclic) bond motifs is 2. The van der Waals surface area contributed by atoms with Crippen LogP contribution in [0.5, 0.6) is 5.75 Å². The van der Waals surface area contributed by atoms with Crippen LogP contribution < -0.4 is 14.5 Å². The maximum absolute atomic E-state index is 13.8. The van der Waals surface area contributed by atoms with Gasteiger partial charge in [0.15, 0.2) is 6.61 Å². The molecule has 6 rings (SSSR count). The third kappa shape index (κ3) is 4.59. The van der Waals surface area contributed by atoms with Crippen molar-refractivity contribution in [2.45, 2.75) is 16.2 Å². The summed E-state index contributed by atoms with van der Waals surface area (Å²) >= 11 is 5.70. The van der Waals surface area contributed by atoms with Crippen LogP contribution in [0.1, 0.15) is 16.4 Å². The number of carbonyl (C=O) groups is 3. The fourth-order valence-corrected chi connectivity index (χ4v) is 7.82. The van der Waals surface area contributed by atoms with Crippen LogP contribution in [-0.2, 0) is 19.1 Å². The molecule has 3 atom stereocenters. The molecule has 12 heteroatoms. The summed E-state index contributed by atoms with van der Waals surface area (Å²) < 4.78 is 11.9. The molecule has 1 aromatic heterocycles. The largest absolute Gasteiger partial charge is 0.484 e. The monoisotopic (exact) mass is 615 g/mol. The van der Waals surface area contributed by atoms with E-state index in [1.807, 2.05) is 12.1 Å². The van der Waals surface area contributed by atoms with Gasteiger partial charge < -0.3 is 19.4 Å². The van der Waals surface area contributed by atoms with Crippen molar-refractivity contribution >= 4 is 62.4 Å². The molecule has 196 valence electrons. The van der Waals surface area contributed by atoms with E-state index in [0.29, 0.717) is 42.8 Å². The summed E-state index contributed by atoms with van der Waals surface area (Å²) in [6.07, 6.45) is 0. The Hall–Kier alpha value is -2.93. The Morgan fingerprint density at radius 3 is 2.45 bits per heavy atom. The highest BCUT2D eigenvalue weighted by atomic mass is 79.9. The van der Waals surface area contributed by atoms with Gasteiger partial charge >= 0.3 is 4.87 Å². The first-order chi connectivity index (χ1) is 18.4. The zero-order chi connectivity index (χ0) is 26.4. The lowest BCUT2D eigenvalue weighted by Crippen LogP contribution is -2.42. The van der Waals surface area contributed by atoms with Gasteiger partial charge in [-0.05, 0) is 42.0 Å². The first kappa shape index (κ1) is 25.4. The Morgan fingerprint density at radius 2 is 1.74 bits per heavy atom. The van der Waals surface area contributed by atoms with E-state index >= 15 is 0 Å². The number of halogens is 1. The van der Waals surface area contributed by atoms with E-state index in [1.165, 1.54) is 16.7 Å². The smallest absolute Gasteiger partial charge is 0.305 e. The van der Waals surface area contributed by atoms with Crippen LogP contribution in [0.3, 0.4) is 0 Å². The number of anilines is 1. The molecule has 2 aromatic carbocycles. The van der Waals surface area contributed by atoms with Crippen LogP contribution in [0.2, 0.25) is 0 Å². The quantitative estimate of drug-likeness (QED) is 0.439. The second kappa shape index (κ2) is 10.3. The summed E-state index contributed by atoms with van der Waals surface area (Å²) in [5.41, 5.74) is 1.31. The van der Waals surface area contributed by atoms with E-state index in [9.17, 15) is 19.2 Å². The van der Waals surface area contributed by atoms with Gasteiger partial charge in [-0.2, -0.15) is 0 Å². The number of aromatic amines is 1. The molecule has 3 aliphatic heterocycles. The van der Waals surface area contributed by atoms with E-state index in [2.05, 4.69) is 20.9 Å². The summed E-state index contributed by atoms with van der Waals surface area (Å²) in [6.45, 7) is 2.07. The van der Waals surface area contributed by atoms with E-state index in [-0.39, 0.29) is 29.2 Å². The van der Waals surface area contributed by atoms with Gasteiger partial charge in [0.25, 0.3) is 5.91 Å². The zero-order valence-electron chi connectivity index (χ0n) is 19.9. The maximum atomic E-state index is 13.8. The average molecular weight is 617 g/mol. The number of ether oxygens (including phenoxy) is 2. The number of thiazole rings is 1. The van der Waals surface area contributed by atoms with Crippen molar-refractivity contribution in [1.29, 1.82) is 0 Å². The summed E-state index contributed by atoms with van der Waals surface area (Å²) in [5.74, 6) is -1.30. The van der Waals surface area contributed by atoms with Gasteiger partial charge in [0.2, 0.25) is 11.8 Å². The van der Waals surface area contributed by atoms with Gasteiger partial charge in [0, 0.05) is 28.4 Å². The minimum Gasteiger partial charge on any atom is -0.484 e. The molecule has 2 fully saturated rings. The summed E-state index contributed by atoms with van der Waals surface area (Å²) in [7, 11) is 0. The van der Waals surface area contributed by atoms with Crippen molar-refractivity contribution in [3.63, 3.8) is 0 Å². The minimum atomic E-state index is -0.662. The molecule has 9 nitrogen and oxygen atoms in total. The Morgan fingerprint density at radius 1 is 1.03 bits per heavy atom. The molecule has 4 heterocycles. The molecule has 0 radical (unpaired) electrons. The highest BCUT2D eigenvalue weighted by Gasteiger charge is 2.56. The predicted octanol–water partition coefficient (Wildman–Crippen LogP) is 3.23. The van der Waals surface area contributed by atoms with E-state index in [1.54, 1.807) is 41.3 Å². The summed E-state index contributed by atoms with van der Waals surface area (Å²) in [4.78, 5) is 58.3. The van der Waals surface area contributed by atoms with Crippen molar-refractivity contribution in [3.8, 4) is 5.75 Å². The standard InChI is InChI=1S/C26H22BrN3O6S2/c27-15-3-5-16(6-4-15)30-24(32)20-19(21-23(28-26(34)38-21)37-22(20)25(30)33)14-1-7-17(8-2-14)36-13-18(31)29-9-11-35-12-10-29/h1-8,19-20,22H,9-13H2,(H,28,34)/t19-,20?,22?/m1/s1. The molecule has 0 bridgehead atoms. The van der Waals surface area contributed by atoms with Gasteiger partial charge in [-0.3, -0.25) is 19.2 Å². The summed E-state index contributed by atoms with van der Waals surface area (Å²) in [5, 5.41) is -0.0301. The lowest BCUT2D eigenvalue weighted by Gasteiger charge is -2.30. The Kier molecular flexibility index (Phi) is 6.89. The van der Waals surface area contributed by atoms with Crippen molar-refractivity contribution in [3.05, 3.63) is 73.1 Å². The molecular weight excluding hydrogens is 594 g/mol. The number of amides is 3. The number of hydrogen-bond donors (Lipinski definition) is 1. The highest BCUT2D eigenvalue weighted by molar-refractivity contribution is 9.10. The Labute approximate surface area is 234 Å². The number of benzene rings is 2. The van der Waals surface area contributed by atoms with Crippen molar-refractivity contribution in [2.24, 2.45) is 5.92 Å². The lowest BCUT2D eigenvalue weighted by molar-refractivity contribution is -0.137. The van der Waals surface area contributed by atoms with Crippen LogP contribution in [0, 0.1) is 5.92 Å². The number of aromatic nitrogens is 1. The third-order valence-electron chi connectivity index (χ3n) is 6.87. The topological polar surface area (TPSA) is 109 Å². The van der Waals surface area contributed by atoms with Gasteiger partial charge in [-0.25, -0.2) is 4.90 Å². The number of hydrogen-bond acceptors (Lipinski definition) is 8. The first-order valence-corrected chi connectivity index (χ1v) is 14.5. The van der Waals surface area contributed by atoms with Crippen LogP contribution in [0.4, 0.5) is 5.69 Å². The van der Waals surface area contributed by atoms with Crippen molar-refractivity contribution in [2.75, 3.05) is 37.8 Å². The molecule has 2 saturated heterocycles. The normalized spacial score (nSPS) is 22.8. The highest BCUT2D eigenvalue weighted by Crippen LogP contribution is 2.53. The number of nitrogens with one attached hydrogen (secondary N) is 1. The van der Waals surface area contributed by atoms with Crippen LogP contribution >= 0.6 is 39.0 Å². The van der Waals surface area contributed by atoms with E-state index in [4.69, 9.17) is 9.47 Å².